The van der Waals surface area contributed by atoms with Crippen LogP contribution in [0.15, 0.2) is 42.7 Å². The molecule has 2 aromatic rings. The third kappa shape index (κ3) is 2.38. The molecule has 1 heterocycles. The zero-order valence-electron chi connectivity index (χ0n) is 10.6. The fourth-order valence-electron chi connectivity index (χ4n) is 2.63. The van der Waals surface area contributed by atoms with Crippen LogP contribution in [0.2, 0.25) is 5.02 Å². The maximum Gasteiger partial charge on any atom is 0.106 e. The van der Waals surface area contributed by atoms with Gasteiger partial charge in [0.1, 0.15) is 6.10 Å². The van der Waals surface area contributed by atoms with Crippen LogP contribution < -0.4 is 0 Å². The van der Waals surface area contributed by atoms with E-state index in [2.05, 4.69) is 11.1 Å². The largest absolute Gasteiger partial charge is 0.384 e. The van der Waals surface area contributed by atoms with Gasteiger partial charge in [0.15, 0.2) is 0 Å². The van der Waals surface area contributed by atoms with Gasteiger partial charge in [0.25, 0.3) is 0 Å². The molecule has 1 saturated carbocycles. The molecular formula is C16H16ClNO. The van der Waals surface area contributed by atoms with Gasteiger partial charge in [-0.1, -0.05) is 42.3 Å². The quantitative estimate of drug-likeness (QED) is 0.914. The maximum atomic E-state index is 10.6. The molecular weight excluding hydrogens is 258 g/mol. The molecule has 1 aliphatic rings. The summed E-state index contributed by atoms with van der Waals surface area (Å²) in [4.78, 5) is 3.96. The van der Waals surface area contributed by atoms with Gasteiger partial charge in [-0.15, -0.1) is 0 Å². The van der Waals surface area contributed by atoms with E-state index >= 15 is 0 Å². The van der Waals surface area contributed by atoms with Crippen LogP contribution in [0.1, 0.15) is 48.0 Å². The molecule has 19 heavy (non-hydrogen) atoms. The highest BCUT2D eigenvalue weighted by Gasteiger charge is 2.25. The first-order valence-corrected chi connectivity index (χ1v) is 7.01. The summed E-state index contributed by atoms with van der Waals surface area (Å²) < 4.78 is 0. The summed E-state index contributed by atoms with van der Waals surface area (Å²) in [5.74, 6) is 0.589. The fourth-order valence-corrected chi connectivity index (χ4v) is 2.85. The van der Waals surface area contributed by atoms with Gasteiger partial charge in [-0.2, -0.15) is 0 Å². The molecule has 1 N–H and O–H groups in total. The predicted octanol–water partition coefficient (Wildman–Crippen LogP) is 4.08. The highest BCUT2D eigenvalue weighted by atomic mass is 35.5. The van der Waals surface area contributed by atoms with Crippen molar-refractivity contribution in [2.75, 3.05) is 0 Å². The highest BCUT2D eigenvalue weighted by molar-refractivity contribution is 6.31. The van der Waals surface area contributed by atoms with Crippen molar-refractivity contribution in [2.24, 2.45) is 0 Å². The summed E-state index contributed by atoms with van der Waals surface area (Å²) >= 11 is 6.13. The molecule has 98 valence electrons. The lowest BCUT2D eigenvalue weighted by Gasteiger charge is -2.29. The molecule has 3 rings (SSSR count). The lowest BCUT2D eigenvalue weighted by atomic mass is 9.77. The summed E-state index contributed by atoms with van der Waals surface area (Å²) in [6.07, 6.45) is 6.28. The number of nitrogens with zero attached hydrogens (tertiary/aromatic N) is 1. The summed E-state index contributed by atoms with van der Waals surface area (Å²) in [5, 5.41) is 11.1. The Morgan fingerprint density at radius 3 is 2.63 bits per heavy atom. The van der Waals surface area contributed by atoms with E-state index in [0.29, 0.717) is 10.9 Å². The summed E-state index contributed by atoms with van der Waals surface area (Å²) in [6.45, 7) is 0. The van der Waals surface area contributed by atoms with Crippen LogP contribution in [-0.4, -0.2) is 10.1 Å². The van der Waals surface area contributed by atoms with Crippen LogP contribution in [0.3, 0.4) is 0 Å². The Bertz CT molecular complexity index is 580. The van der Waals surface area contributed by atoms with E-state index in [0.717, 1.165) is 11.1 Å². The fraction of sp³-hybridized carbons (Fsp3) is 0.312. The number of aliphatic hydroxyl groups is 1. The third-order valence-electron chi connectivity index (χ3n) is 3.93. The number of aliphatic hydroxyl groups excluding tert-OH is 1. The first-order valence-electron chi connectivity index (χ1n) is 6.63. The second kappa shape index (κ2) is 5.32. The van der Waals surface area contributed by atoms with Gasteiger partial charge in [0, 0.05) is 18.0 Å². The molecule has 0 amide bonds. The smallest absolute Gasteiger partial charge is 0.106 e. The first kappa shape index (κ1) is 12.6. The Kier molecular flexibility index (Phi) is 3.54. The minimum atomic E-state index is -0.674. The Morgan fingerprint density at radius 1 is 1.16 bits per heavy atom. The molecule has 1 aromatic carbocycles. The standard InChI is InChI=1S/C16H16ClNO/c17-15-10-18-9-8-14(15)16(19)13-7-2-1-6-12(13)11-4-3-5-11/h1-2,6-11,16,19H,3-5H2. The highest BCUT2D eigenvalue weighted by Crippen LogP contribution is 2.41. The van der Waals surface area contributed by atoms with Gasteiger partial charge in [-0.05, 0) is 36.0 Å². The van der Waals surface area contributed by atoms with Gasteiger partial charge in [0.05, 0.1) is 5.02 Å². The monoisotopic (exact) mass is 273 g/mol. The van der Waals surface area contributed by atoms with Crippen molar-refractivity contribution in [1.82, 2.24) is 4.98 Å². The Labute approximate surface area is 118 Å². The van der Waals surface area contributed by atoms with Gasteiger partial charge in [0.2, 0.25) is 0 Å². The lowest BCUT2D eigenvalue weighted by Crippen LogP contribution is -2.13. The van der Waals surface area contributed by atoms with Crippen molar-refractivity contribution in [3.63, 3.8) is 0 Å². The first-order chi connectivity index (χ1) is 9.27. The third-order valence-corrected chi connectivity index (χ3v) is 4.25. The van der Waals surface area contributed by atoms with Crippen LogP contribution in [-0.2, 0) is 0 Å². The summed E-state index contributed by atoms with van der Waals surface area (Å²) in [7, 11) is 0. The minimum Gasteiger partial charge on any atom is -0.384 e. The number of benzene rings is 1. The zero-order chi connectivity index (χ0) is 13.2. The molecule has 1 atom stereocenters. The molecule has 2 nitrogen and oxygen atoms in total. The molecule has 0 aliphatic heterocycles. The van der Waals surface area contributed by atoms with E-state index in [-0.39, 0.29) is 0 Å². The second-order valence-corrected chi connectivity index (χ2v) is 5.46. The van der Waals surface area contributed by atoms with E-state index in [9.17, 15) is 5.11 Å². The predicted molar refractivity (Wildman–Crippen MR) is 76.3 cm³/mol. The molecule has 1 aromatic heterocycles. The van der Waals surface area contributed by atoms with E-state index in [1.165, 1.54) is 24.8 Å². The Morgan fingerprint density at radius 2 is 1.95 bits per heavy atom. The lowest BCUT2D eigenvalue weighted by molar-refractivity contribution is 0.217. The van der Waals surface area contributed by atoms with Gasteiger partial charge < -0.3 is 5.11 Å². The molecule has 3 heteroatoms. The topological polar surface area (TPSA) is 33.1 Å². The van der Waals surface area contributed by atoms with Crippen molar-refractivity contribution >= 4 is 11.6 Å². The summed E-state index contributed by atoms with van der Waals surface area (Å²) in [5.41, 5.74) is 2.96. The van der Waals surface area contributed by atoms with E-state index in [1.807, 2.05) is 18.2 Å². The average Bonchev–Trinajstić information content (AvgIpc) is 2.37. The number of halogens is 1. The number of pyridine rings is 1. The van der Waals surface area contributed by atoms with E-state index < -0.39 is 6.10 Å². The zero-order valence-corrected chi connectivity index (χ0v) is 11.3. The molecule has 1 fully saturated rings. The minimum absolute atomic E-state index is 0.512. The van der Waals surface area contributed by atoms with Crippen molar-refractivity contribution < 1.29 is 5.11 Å². The number of hydrogen-bond donors (Lipinski definition) is 1. The van der Waals surface area contributed by atoms with Crippen molar-refractivity contribution in [3.05, 3.63) is 64.4 Å². The van der Waals surface area contributed by atoms with Gasteiger partial charge in [-0.25, -0.2) is 0 Å². The van der Waals surface area contributed by atoms with Gasteiger partial charge in [-0.3, -0.25) is 4.98 Å². The van der Waals surface area contributed by atoms with Crippen LogP contribution >= 0.6 is 11.6 Å². The molecule has 0 saturated heterocycles. The Balaban J connectivity index is 2.00. The van der Waals surface area contributed by atoms with E-state index in [4.69, 9.17) is 11.6 Å². The van der Waals surface area contributed by atoms with Crippen LogP contribution in [0.5, 0.6) is 0 Å². The maximum absolute atomic E-state index is 10.6. The van der Waals surface area contributed by atoms with Crippen molar-refractivity contribution in [3.8, 4) is 0 Å². The van der Waals surface area contributed by atoms with Crippen molar-refractivity contribution in [2.45, 2.75) is 31.3 Å². The number of hydrogen-bond acceptors (Lipinski definition) is 2. The Hall–Kier alpha value is -1.38. The molecule has 0 bridgehead atoms. The molecule has 1 aliphatic carbocycles. The van der Waals surface area contributed by atoms with Crippen LogP contribution in [0.4, 0.5) is 0 Å². The number of aromatic nitrogens is 1. The molecule has 1 unspecified atom stereocenters. The van der Waals surface area contributed by atoms with Crippen LogP contribution in [0.25, 0.3) is 0 Å². The normalized spacial score (nSPS) is 16.9. The molecule has 0 spiro atoms. The van der Waals surface area contributed by atoms with E-state index in [1.54, 1.807) is 18.5 Å². The second-order valence-electron chi connectivity index (χ2n) is 5.06. The van der Waals surface area contributed by atoms with Crippen molar-refractivity contribution in [1.29, 1.82) is 0 Å². The molecule has 0 radical (unpaired) electrons. The average molecular weight is 274 g/mol. The SMILES string of the molecule is OC(c1ccncc1Cl)c1ccccc1C1CCC1. The van der Waals surface area contributed by atoms with Gasteiger partial charge >= 0.3 is 0 Å². The number of rotatable bonds is 3. The van der Waals surface area contributed by atoms with Crippen LogP contribution in [0, 0.1) is 0 Å². The summed E-state index contributed by atoms with van der Waals surface area (Å²) in [6, 6.07) is 9.91.